The van der Waals surface area contributed by atoms with E-state index in [0.717, 1.165) is 26.9 Å². The third-order valence-corrected chi connectivity index (χ3v) is 4.35. The zero-order chi connectivity index (χ0) is 14.3. The second-order valence-corrected chi connectivity index (χ2v) is 6.39. The molecule has 2 nitrogen and oxygen atoms in total. The Morgan fingerprint density at radius 3 is 2.70 bits per heavy atom. The van der Waals surface area contributed by atoms with E-state index in [0.29, 0.717) is 11.4 Å². The first-order chi connectivity index (χ1) is 9.54. The number of fused-ring (bicyclic) bond motifs is 1. The first-order valence-electron chi connectivity index (χ1n) is 6.45. The maximum Gasteiger partial charge on any atom is 0.127 e. The summed E-state index contributed by atoms with van der Waals surface area (Å²) in [4.78, 5) is 0. The molecule has 1 aliphatic heterocycles. The molecule has 0 aliphatic carbocycles. The molecular weight excluding hydrogens is 340 g/mol. The molecule has 3 rings (SSSR count). The summed E-state index contributed by atoms with van der Waals surface area (Å²) in [6.07, 6.45) is -0.104. The third-order valence-electron chi connectivity index (χ3n) is 3.62. The highest BCUT2D eigenvalue weighted by Gasteiger charge is 2.28. The number of halogens is 2. The van der Waals surface area contributed by atoms with Gasteiger partial charge >= 0.3 is 0 Å². The minimum absolute atomic E-state index is 0.149. The highest BCUT2D eigenvalue weighted by Crippen LogP contribution is 2.42. The Labute approximate surface area is 131 Å². The highest BCUT2D eigenvalue weighted by molar-refractivity contribution is 9.10. The average molecular weight is 354 g/mol. The molecule has 0 saturated heterocycles. The van der Waals surface area contributed by atoms with Crippen molar-refractivity contribution < 1.29 is 9.84 Å². The molecule has 0 amide bonds. The lowest BCUT2D eigenvalue weighted by molar-refractivity contribution is 0.0654. The van der Waals surface area contributed by atoms with Crippen LogP contribution in [0, 0.1) is 6.92 Å². The largest absolute Gasteiger partial charge is 0.485 e. The van der Waals surface area contributed by atoms with E-state index in [1.165, 1.54) is 0 Å². The number of hydrogen-bond donors (Lipinski definition) is 1. The van der Waals surface area contributed by atoms with Crippen molar-refractivity contribution in [1.29, 1.82) is 0 Å². The molecule has 2 aromatic rings. The van der Waals surface area contributed by atoms with Gasteiger partial charge in [-0.2, -0.15) is 0 Å². The Kier molecular flexibility index (Phi) is 3.76. The van der Waals surface area contributed by atoms with Crippen molar-refractivity contribution in [1.82, 2.24) is 0 Å². The van der Waals surface area contributed by atoms with Crippen LogP contribution in [0.2, 0.25) is 5.02 Å². The molecule has 0 bridgehead atoms. The van der Waals surface area contributed by atoms with Crippen LogP contribution in [0.4, 0.5) is 0 Å². The van der Waals surface area contributed by atoms with Crippen molar-refractivity contribution in [3.63, 3.8) is 0 Å². The van der Waals surface area contributed by atoms with E-state index in [1.807, 2.05) is 43.3 Å². The number of ether oxygens (including phenoxy) is 1. The summed E-state index contributed by atoms with van der Waals surface area (Å²) in [7, 11) is 0. The van der Waals surface area contributed by atoms with E-state index in [-0.39, 0.29) is 6.10 Å². The first-order valence-corrected chi connectivity index (χ1v) is 7.62. The molecule has 4 heteroatoms. The van der Waals surface area contributed by atoms with Crippen LogP contribution in [0.3, 0.4) is 0 Å². The van der Waals surface area contributed by atoms with Crippen LogP contribution >= 0.6 is 27.5 Å². The Morgan fingerprint density at radius 2 is 1.95 bits per heavy atom. The number of aliphatic hydroxyl groups excluding tert-OH is 1. The van der Waals surface area contributed by atoms with Crippen molar-refractivity contribution in [3.8, 4) is 5.75 Å². The lowest BCUT2D eigenvalue weighted by Crippen LogP contribution is -2.19. The molecule has 1 N–H and O–H groups in total. The maximum atomic E-state index is 10.3. The summed E-state index contributed by atoms with van der Waals surface area (Å²) >= 11 is 9.42. The standard InChI is InChI=1S/C16H14BrClO2/c1-9-6-11(18)3-5-12(9)16-8-14(19)13-4-2-10(17)7-15(13)20-16/h2-7,14,16,19H,8H2,1H3/t14-,16?/m0/s1. The molecular formula is C16H14BrClO2. The van der Waals surface area contributed by atoms with Crippen LogP contribution < -0.4 is 4.74 Å². The van der Waals surface area contributed by atoms with Gasteiger partial charge in [0.1, 0.15) is 11.9 Å². The predicted octanol–water partition coefficient (Wildman–Crippen LogP) is 4.97. The summed E-state index contributed by atoms with van der Waals surface area (Å²) in [5.74, 6) is 0.734. The molecule has 0 spiro atoms. The van der Waals surface area contributed by atoms with Gasteiger partial charge in [0.25, 0.3) is 0 Å². The summed E-state index contributed by atoms with van der Waals surface area (Å²) in [5, 5.41) is 11.0. The van der Waals surface area contributed by atoms with Gasteiger partial charge in [0.15, 0.2) is 0 Å². The van der Waals surface area contributed by atoms with E-state index in [2.05, 4.69) is 15.9 Å². The normalized spacial score (nSPS) is 21.2. The SMILES string of the molecule is Cc1cc(Cl)ccc1C1C[C@H](O)c2ccc(Br)cc2O1. The quantitative estimate of drug-likeness (QED) is 0.784. The van der Waals surface area contributed by atoms with E-state index in [1.54, 1.807) is 0 Å². The number of benzene rings is 2. The van der Waals surface area contributed by atoms with Crippen LogP contribution in [0.1, 0.15) is 35.3 Å². The third kappa shape index (κ3) is 2.58. The van der Waals surface area contributed by atoms with E-state index < -0.39 is 6.10 Å². The van der Waals surface area contributed by atoms with Gasteiger partial charge in [0, 0.05) is 21.5 Å². The summed E-state index contributed by atoms with van der Waals surface area (Å²) in [6, 6.07) is 11.5. The molecule has 2 aromatic carbocycles. The monoisotopic (exact) mass is 352 g/mol. The van der Waals surface area contributed by atoms with Crippen molar-refractivity contribution in [2.24, 2.45) is 0 Å². The minimum atomic E-state index is -0.507. The summed E-state index contributed by atoms with van der Waals surface area (Å²) < 4.78 is 7.00. The molecule has 0 fully saturated rings. The highest BCUT2D eigenvalue weighted by atomic mass is 79.9. The topological polar surface area (TPSA) is 29.5 Å². The van der Waals surface area contributed by atoms with Gasteiger partial charge in [-0.3, -0.25) is 0 Å². The smallest absolute Gasteiger partial charge is 0.127 e. The van der Waals surface area contributed by atoms with Crippen LogP contribution in [0.5, 0.6) is 5.75 Å². The molecule has 2 atom stereocenters. The molecule has 20 heavy (non-hydrogen) atoms. The van der Waals surface area contributed by atoms with Crippen LogP contribution in [-0.2, 0) is 0 Å². The van der Waals surface area contributed by atoms with Gasteiger partial charge in [0.05, 0.1) is 6.10 Å². The minimum Gasteiger partial charge on any atom is -0.485 e. The second-order valence-electron chi connectivity index (χ2n) is 5.04. The van der Waals surface area contributed by atoms with Gasteiger partial charge in [-0.15, -0.1) is 0 Å². The summed E-state index contributed by atoms with van der Waals surface area (Å²) in [5.41, 5.74) is 2.99. The Hall–Kier alpha value is -1.03. The van der Waals surface area contributed by atoms with E-state index >= 15 is 0 Å². The second kappa shape index (κ2) is 5.40. The summed E-state index contributed by atoms with van der Waals surface area (Å²) in [6.45, 7) is 2.01. The molecule has 0 radical (unpaired) electrons. The van der Waals surface area contributed by atoms with Crippen LogP contribution in [-0.4, -0.2) is 5.11 Å². The lowest BCUT2D eigenvalue weighted by atomic mass is 9.93. The van der Waals surface area contributed by atoms with Gasteiger partial charge in [-0.25, -0.2) is 0 Å². The van der Waals surface area contributed by atoms with Gasteiger partial charge in [0.2, 0.25) is 0 Å². The molecule has 1 aliphatic rings. The Morgan fingerprint density at radius 1 is 1.20 bits per heavy atom. The van der Waals surface area contributed by atoms with Gasteiger partial charge in [-0.05, 0) is 42.3 Å². The first kappa shape index (κ1) is 13.9. The fraction of sp³-hybridized carbons (Fsp3) is 0.250. The Balaban J connectivity index is 1.98. The predicted molar refractivity (Wildman–Crippen MR) is 83.3 cm³/mol. The number of aryl methyl sites for hydroxylation is 1. The van der Waals surface area contributed by atoms with Crippen LogP contribution in [0.15, 0.2) is 40.9 Å². The van der Waals surface area contributed by atoms with Gasteiger partial charge < -0.3 is 9.84 Å². The lowest BCUT2D eigenvalue weighted by Gasteiger charge is -2.30. The fourth-order valence-electron chi connectivity index (χ4n) is 2.61. The number of aliphatic hydroxyl groups is 1. The molecule has 1 heterocycles. The average Bonchev–Trinajstić information content (AvgIpc) is 2.37. The molecule has 0 aromatic heterocycles. The van der Waals surface area contributed by atoms with Crippen LogP contribution in [0.25, 0.3) is 0 Å². The van der Waals surface area contributed by atoms with Gasteiger partial charge in [-0.1, -0.05) is 39.7 Å². The number of hydrogen-bond acceptors (Lipinski definition) is 2. The van der Waals surface area contributed by atoms with E-state index in [9.17, 15) is 5.11 Å². The molecule has 1 unspecified atom stereocenters. The Bertz CT molecular complexity index is 657. The molecule has 0 saturated carbocycles. The van der Waals surface area contributed by atoms with Crippen molar-refractivity contribution in [2.45, 2.75) is 25.6 Å². The number of rotatable bonds is 1. The van der Waals surface area contributed by atoms with Crippen molar-refractivity contribution in [3.05, 3.63) is 62.6 Å². The maximum absolute atomic E-state index is 10.3. The van der Waals surface area contributed by atoms with E-state index in [4.69, 9.17) is 16.3 Å². The van der Waals surface area contributed by atoms with Crippen molar-refractivity contribution in [2.75, 3.05) is 0 Å². The zero-order valence-corrected chi connectivity index (χ0v) is 13.3. The van der Waals surface area contributed by atoms with Crippen molar-refractivity contribution >= 4 is 27.5 Å². The molecule has 104 valence electrons. The fourth-order valence-corrected chi connectivity index (χ4v) is 3.17. The zero-order valence-electron chi connectivity index (χ0n) is 10.9.